The highest BCUT2D eigenvalue weighted by Gasteiger charge is 2.39. The lowest BCUT2D eigenvalue weighted by atomic mass is 9.85. The van der Waals surface area contributed by atoms with Crippen molar-refractivity contribution in [2.45, 2.75) is 50.5 Å². The van der Waals surface area contributed by atoms with Gasteiger partial charge in [0.05, 0.1) is 0 Å². The van der Waals surface area contributed by atoms with E-state index in [1.807, 2.05) is 0 Å². The summed E-state index contributed by atoms with van der Waals surface area (Å²) in [6.07, 6.45) is 2.68. The molecule has 3 nitrogen and oxygen atoms in total. The van der Waals surface area contributed by atoms with Gasteiger partial charge < -0.3 is 10.6 Å². The standard InChI is InChI=1S/C12H20F2N2O/c13-12(14)5-1-3-9(7-12)11(17)16-10-4-2-6-15-8-10/h9-10,15H,1-8H2,(H,16,17)/t9?,10-/m0/s1. The molecule has 1 saturated carbocycles. The van der Waals surface area contributed by atoms with Crippen molar-refractivity contribution in [3.05, 3.63) is 0 Å². The van der Waals surface area contributed by atoms with Crippen molar-refractivity contribution in [2.24, 2.45) is 5.92 Å². The summed E-state index contributed by atoms with van der Waals surface area (Å²) in [4.78, 5) is 11.9. The number of alkyl halides is 2. The van der Waals surface area contributed by atoms with Gasteiger partial charge in [0.15, 0.2) is 0 Å². The Bertz CT molecular complexity index is 278. The smallest absolute Gasteiger partial charge is 0.248 e. The average Bonchev–Trinajstić information content (AvgIpc) is 2.29. The molecular weight excluding hydrogens is 226 g/mol. The average molecular weight is 246 g/mol. The van der Waals surface area contributed by atoms with Crippen molar-refractivity contribution >= 4 is 5.91 Å². The molecule has 0 spiro atoms. The number of carbonyl (C=O) groups excluding carboxylic acids is 1. The van der Waals surface area contributed by atoms with Gasteiger partial charge in [-0.1, -0.05) is 0 Å². The Labute approximate surface area is 100 Å². The molecule has 2 fully saturated rings. The zero-order valence-electron chi connectivity index (χ0n) is 9.98. The minimum absolute atomic E-state index is 0.0677. The summed E-state index contributed by atoms with van der Waals surface area (Å²) >= 11 is 0. The third kappa shape index (κ3) is 3.63. The van der Waals surface area contributed by atoms with Crippen LogP contribution in [0.5, 0.6) is 0 Å². The molecule has 0 aromatic heterocycles. The molecule has 2 N–H and O–H groups in total. The highest BCUT2D eigenvalue weighted by Crippen LogP contribution is 2.36. The van der Waals surface area contributed by atoms with Crippen LogP contribution in [0.15, 0.2) is 0 Å². The minimum atomic E-state index is -2.65. The van der Waals surface area contributed by atoms with Crippen molar-refractivity contribution in [3.63, 3.8) is 0 Å². The second kappa shape index (κ2) is 5.29. The quantitative estimate of drug-likeness (QED) is 0.778. The number of hydrogen-bond acceptors (Lipinski definition) is 2. The van der Waals surface area contributed by atoms with Gasteiger partial charge in [0.25, 0.3) is 0 Å². The van der Waals surface area contributed by atoms with Gasteiger partial charge in [0.1, 0.15) is 0 Å². The van der Waals surface area contributed by atoms with Gasteiger partial charge >= 0.3 is 0 Å². The topological polar surface area (TPSA) is 41.1 Å². The molecule has 2 aliphatic rings. The van der Waals surface area contributed by atoms with Crippen LogP contribution in [0.25, 0.3) is 0 Å². The molecular formula is C12H20F2N2O. The molecule has 5 heteroatoms. The van der Waals surface area contributed by atoms with Gasteiger partial charge in [-0.3, -0.25) is 4.79 Å². The molecule has 1 aliphatic heterocycles. The first-order valence-corrected chi connectivity index (χ1v) is 6.46. The molecule has 1 unspecified atom stereocenters. The number of carbonyl (C=O) groups is 1. The second-order valence-electron chi connectivity index (χ2n) is 5.20. The zero-order chi connectivity index (χ0) is 12.3. The van der Waals surface area contributed by atoms with Crippen molar-refractivity contribution in [2.75, 3.05) is 13.1 Å². The van der Waals surface area contributed by atoms with Gasteiger partial charge in [0.2, 0.25) is 11.8 Å². The normalized spacial score (nSPS) is 33.1. The first-order chi connectivity index (χ1) is 8.07. The predicted molar refractivity (Wildman–Crippen MR) is 60.9 cm³/mol. The first kappa shape index (κ1) is 12.7. The molecule has 1 heterocycles. The Morgan fingerprint density at radius 1 is 1.29 bits per heavy atom. The number of rotatable bonds is 2. The fraction of sp³-hybridized carbons (Fsp3) is 0.917. The van der Waals surface area contributed by atoms with E-state index in [2.05, 4.69) is 10.6 Å². The van der Waals surface area contributed by atoms with E-state index in [0.717, 1.165) is 25.9 Å². The van der Waals surface area contributed by atoms with Crippen LogP contribution >= 0.6 is 0 Å². The Morgan fingerprint density at radius 2 is 2.12 bits per heavy atom. The van der Waals surface area contributed by atoms with Crippen LogP contribution in [0.1, 0.15) is 38.5 Å². The summed E-state index contributed by atoms with van der Waals surface area (Å²) in [7, 11) is 0. The van der Waals surface area contributed by atoms with Crippen molar-refractivity contribution in [1.82, 2.24) is 10.6 Å². The molecule has 1 saturated heterocycles. The van der Waals surface area contributed by atoms with E-state index in [1.165, 1.54) is 0 Å². The first-order valence-electron chi connectivity index (χ1n) is 6.46. The summed E-state index contributed by atoms with van der Waals surface area (Å²) in [5.41, 5.74) is 0. The van der Waals surface area contributed by atoms with E-state index >= 15 is 0 Å². The van der Waals surface area contributed by atoms with Crippen molar-refractivity contribution in [1.29, 1.82) is 0 Å². The van der Waals surface area contributed by atoms with Crippen LogP contribution in [-0.2, 0) is 4.79 Å². The number of nitrogens with one attached hydrogen (secondary N) is 2. The number of halogens is 2. The second-order valence-corrected chi connectivity index (χ2v) is 5.20. The molecule has 98 valence electrons. The van der Waals surface area contributed by atoms with Crippen LogP contribution < -0.4 is 10.6 Å². The Morgan fingerprint density at radius 3 is 2.76 bits per heavy atom. The van der Waals surface area contributed by atoms with E-state index in [4.69, 9.17) is 0 Å². The summed E-state index contributed by atoms with van der Waals surface area (Å²) in [6.45, 7) is 1.74. The minimum Gasteiger partial charge on any atom is -0.352 e. The van der Waals surface area contributed by atoms with Gasteiger partial charge in [0, 0.05) is 31.3 Å². The molecule has 0 aromatic rings. The molecule has 17 heavy (non-hydrogen) atoms. The lowest BCUT2D eigenvalue weighted by molar-refractivity contribution is -0.133. The summed E-state index contributed by atoms with van der Waals surface area (Å²) in [5, 5.41) is 6.09. The zero-order valence-corrected chi connectivity index (χ0v) is 9.98. The SMILES string of the molecule is O=C(N[C@H]1CCCNC1)C1CCCC(F)(F)C1. The number of amides is 1. The van der Waals surface area contributed by atoms with E-state index in [-0.39, 0.29) is 24.8 Å². The van der Waals surface area contributed by atoms with E-state index in [9.17, 15) is 13.6 Å². The van der Waals surface area contributed by atoms with Crippen molar-refractivity contribution < 1.29 is 13.6 Å². The lowest BCUT2D eigenvalue weighted by Gasteiger charge is -2.30. The van der Waals surface area contributed by atoms with E-state index in [0.29, 0.717) is 12.8 Å². The molecule has 0 radical (unpaired) electrons. The maximum atomic E-state index is 13.2. The third-order valence-corrected chi connectivity index (χ3v) is 3.65. The highest BCUT2D eigenvalue weighted by molar-refractivity contribution is 5.79. The summed E-state index contributed by atoms with van der Waals surface area (Å²) in [6, 6.07) is 0.117. The largest absolute Gasteiger partial charge is 0.352 e. The summed E-state index contributed by atoms with van der Waals surface area (Å²) < 4.78 is 26.4. The Kier molecular flexibility index (Phi) is 3.97. The van der Waals surface area contributed by atoms with E-state index < -0.39 is 11.8 Å². The maximum Gasteiger partial charge on any atom is 0.248 e. The van der Waals surface area contributed by atoms with Crippen LogP contribution in [0.3, 0.4) is 0 Å². The number of piperidine rings is 1. The number of hydrogen-bond donors (Lipinski definition) is 2. The fourth-order valence-corrected chi connectivity index (χ4v) is 2.69. The molecule has 2 atom stereocenters. The van der Waals surface area contributed by atoms with Gasteiger partial charge in [-0.15, -0.1) is 0 Å². The van der Waals surface area contributed by atoms with Crippen LogP contribution in [0.2, 0.25) is 0 Å². The monoisotopic (exact) mass is 246 g/mol. The molecule has 0 aromatic carbocycles. The van der Waals surface area contributed by atoms with Crippen LogP contribution in [-0.4, -0.2) is 31.0 Å². The predicted octanol–water partition coefficient (Wildman–Crippen LogP) is 1.68. The fourth-order valence-electron chi connectivity index (χ4n) is 2.69. The maximum absolute atomic E-state index is 13.2. The Balaban J connectivity index is 1.82. The third-order valence-electron chi connectivity index (χ3n) is 3.65. The van der Waals surface area contributed by atoms with Crippen molar-refractivity contribution in [3.8, 4) is 0 Å². The molecule has 2 rings (SSSR count). The van der Waals surface area contributed by atoms with E-state index in [1.54, 1.807) is 0 Å². The highest BCUT2D eigenvalue weighted by atomic mass is 19.3. The molecule has 0 bridgehead atoms. The summed E-state index contributed by atoms with van der Waals surface area (Å²) in [5.74, 6) is -3.33. The molecule has 1 amide bonds. The Hall–Kier alpha value is -0.710. The molecule has 1 aliphatic carbocycles. The van der Waals surface area contributed by atoms with Gasteiger partial charge in [-0.25, -0.2) is 8.78 Å². The lowest BCUT2D eigenvalue weighted by Crippen LogP contribution is -2.48. The van der Waals surface area contributed by atoms with Gasteiger partial charge in [-0.05, 0) is 32.2 Å². The van der Waals surface area contributed by atoms with Crippen LogP contribution in [0.4, 0.5) is 8.78 Å². The van der Waals surface area contributed by atoms with Crippen LogP contribution in [0, 0.1) is 5.92 Å². The van der Waals surface area contributed by atoms with Gasteiger partial charge in [-0.2, -0.15) is 0 Å².